The third-order valence-electron chi connectivity index (χ3n) is 8.70. The summed E-state index contributed by atoms with van der Waals surface area (Å²) < 4.78 is 43.6. The SMILES string of the molecule is CC(C)[C@@H](C)NCc1cc(O)c2c(c1C(F)(F)F)C[C@H]1C[C@H]3[C@H](N(C)C)C(=O)C(C(N)=O)=C(O)[C@@]3(O)C(=O)C1=C2O. The molecule has 0 heterocycles. The van der Waals surface area contributed by atoms with E-state index in [0.717, 1.165) is 6.07 Å². The zero-order valence-electron chi connectivity index (χ0n) is 23.3. The predicted octanol–water partition coefficient (Wildman–Crippen LogP) is 2.12. The highest BCUT2D eigenvalue weighted by molar-refractivity contribution is 6.24. The second kappa shape index (κ2) is 10.1. The van der Waals surface area contributed by atoms with E-state index in [1.807, 2.05) is 20.8 Å². The van der Waals surface area contributed by atoms with Gasteiger partial charge in [0.1, 0.15) is 22.8 Å². The summed E-state index contributed by atoms with van der Waals surface area (Å²) >= 11 is 0. The number of alkyl halides is 3. The number of aliphatic hydroxyl groups excluding tert-OH is 2. The van der Waals surface area contributed by atoms with Crippen LogP contribution in [0, 0.1) is 17.8 Å². The number of hydrogen-bond acceptors (Lipinski definition) is 9. The number of carbonyl (C=O) groups is 3. The van der Waals surface area contributed by atoms with Gasteiger partial charge in [-0.25, -0.2) is 0 Å². The lowest BCUT2D eigenvalue weighted by Crippen LogP contribution is -2.65. The number of likely N-dealkylation sites (N-methyl/N-ethyl adjacent to an activating group) is 1. The van der Waals surface area contributed by atoms with Gasteiger partial charge in [-0.2, -0.15) is 13.2 Å². The number of halogens is 3. The monoisotopic (exact) mass is 581 g/mol. The van der Waals surface area contributed by atoms with E-state index in [4.69, 9.17) is 5.73 Å². The normalized spacial score (nSPS) is 27.2. The zero-order chi connectivity index (χ0) is 30.9. The largest absolute Gasteiger partial charge is 0.508 e. The Morgan fingerprint density at radius 2 is 1.80 bits per heavy atom. The first-order valence-electron chi connectivity index (χ1n) is 13.2. The maximum absolute atomic E-state index is 14.5. The third kappa shape index (κ3) is 4.59. The van der Waals surface area contributed by atoms with Gasteiger partial charge < -0.3 is 31.5 Å². The standard InChI is InChI=1S/C28H34F3N3O7/c1-10(2)11(3)33-9-13-8-16(35)18-14(20(13)28(29,30)31)6-12-7-15-21(34(4)5)23(37)19(26(32)40)25(39)27(15,41)24(38)17(12)22(18)36/h8,10-12,15,21,33,35-36,39,41H,6-7,9H2,1-5H3,(H2,32,40)/t11-,12+,15+,21+,27+/m1/s1. The second-order valence-corrected chi connectivity index (χ2v) is 11.7. The highest BCUT2D eigenvalue weighted by Gasteiger charge is 2.64. The lowest BCUT2D eigenvalue weighted by atomic mass is 9.57. The van der Waals surface area contributed by atoms with Crippen molar-refractivity contribution in [3.05, 3.63) is 45.2 Å². The number of phenolic OH excluding ortho intramolecular Hbond substituents is 1. The number of hydrogen-bond donors (Lipinski definition) is 6. The van der Waals surface area contributed by atoms with Crippen molar-refractivity contribution in [3.8, 4) is 5.75 Å². The Kier molecular flexibility index (Phi) is 7.55. The van der Waals surface area contributed by atoms with Crippen LogP contribution in [-0.2, 0) is 33.5 Å². The van der Waals surface area contributed by atoms with Gasteiger partial charge in [0.25, 0.3) is 5.91 Å². The number of primary amides is 1. The smallest absolute Gasteiger partial charge is 0.417 e. The van der Waals surface area contributed by atoms with Crippen LogP contribution in [0.4, 0.5) is 13.2 Å². The van der Waals surface area contributed by atoms with Crippen LogP contribution in [-0.4, -0.2) is 74.6 Å². The van der Waals surface area contributed by atoms with Crippen LogP contribution in [0.15, 0.2) is 23.0 Å². The number of ketones is 2. The van der Waals surface area contributed by atoms with Gasteiger partial charge in [-0.3, -0.25) is 19.3 Å². The molecule has 10 nitrogen and oxygen atoms in total. The Morgan fingerprint density at radius 1 is 1.20 bits per heavy atom. The number of nitrogens with zero attached hydrogens (tertiary/aromatic N) is 1. The Hall–Kier alpha value is -3.42. The topological polar surface area (TPSA) is 173 Å². The molecule has 0 bridgehead atoms. The molecule has 13 heteroatoms. The van der Waals surface area contributed by atoms with Gasteiger partial charge in [0.15, 0.2) is 11.4 Å². The Bertz CT molecular complexity index is 1400. The van der Waals surface area contributed by atoms with E-state index >= 15 is 0 Å². The Balaban J connectivity index is 1.95. The van der Waals surface area contributed by atoms with E-state index in [9.17, 15) is 48.0 Å². The molecule has 0 aromatic heterocycles. The van der Waals surface area contributed by atoms with Crippen molar-refractivity contribution in [2.45, 2.75) is 64.0 Å². The fourth-order valence-electron chi connectivity index (χ4n) is 6.38. The van der Waals surface area contributed by atoms with Crippen molar-refractivity contribution in [1.29, 1.82) is 0 Å². The average Bonchev–Trinajstić information content (AvgIpc) is 2.83. The molecule has 3 aliphatic carbocycles. The van der Waals surface area contributed by atoms with E-state index in [0.29, 0.717) is 0 Å². The molecule has 1 saturated carbocycles. The van der Waals surface area contributed by atoms with Gasteiger partial charge in [-0.05, 0) is 62.9 Å². The molecule has 1 aromatic rings. The highest BCUT2D eigenvalue weighted by Crippen LogP contribution is 2.54. The molecule has 5 atom stereocenters. The van der Waals surface area contributed by atoms with Gasteiger partial charge in [0, 0.05) is 24.1 Å². The predicted molar refractivity (Wildman–Crippen MR) is 140 cm³/mol. The van der Waals surface area contributed by atoms with E-state index in [2.05, 4.69) is 5.32 Å². The first-order chi connectivity index (χ1) is 18.8. The maximum atomic E-state index is 14.5. The number of rotatable bonds is 6. The maximum Gasteiger partial charge on any atom is 0.417 e. The van der Waals surface area contributed by atoms with Crippen LogP contribution in [0.25, 0.3) is 5.76 Å². The molecular weight excluding hydrogens is 547 g/mol. The van der Waals surface area contributed by atoms with Crippen molar-refractivity contribution < 1.29 is 48.0 Å². The van der Waals surface area contributed by atoms with Crippen LogP contribution in [0.3, 0.4) is 0 Å². The number of amides is 1. The second-order valence-electron chi connectivity index (χ2n) is 11.7. The minimum absolute atomic E-state index is 0.112. The summed E-state index contributed by atoms with van der Waals surface area (Å²) in [4.78, 5) is 40.4. The zero-order valence-corrected chi connectivity index (χ0v) is 23.3. The molecule has 1 fully saturated rings. The van der Waals surface area contributed by atoms with Gasteiger partial charge >= 0.3 is 6.18 Å². The summed E-state index contributed by atoms with van der Waals surface area (Å²) in [6.07, 6.45) is -5.65. The number of phenols is 1. The molecular formula is C28H34F3N3O7. The van der Waals surface area contributed by atoms with E-state index in [-0.39, 0.29) is 30.5 Å². The molecule has 7 N–H and O–H groups in total. The van der Waals surface area contributed by atoms with Crippen molar-refractivity contribution in [2.75, 3.05) is 14.1 Å². The van der Waals surface area contributed by atoms with E-state index in [1.54, 1.807) is 0 Å². The van der Waals surface area contributed by atoms with Crippen LogP contribution in [0.2, 0.25) is 0 Å². The first-order valence-corrected chi connectivity index (χ1v) is 13.2. The van der Waals surface area contributed by atoms with Crippen LogP contribution >= 0.6 is 0 Å². The van der Waals surface area contributed by atoms with Crippen LogP contribution < -0.4 is 11.1 Å². The van der Waals surface area contributed by atoms with Gasteiger partial charge in [-0.15, -0.1) is 0 Å². The highest BCUT2D eigenvalue weighted by atomic mass is 19.4. The van der Waals surface area contributed by atoms with Crippen molar-refractivity contribution >= 4 is 23.2 Å². The summed E-state index contributed by atoms with van der Waals surface area (Å²) in [6, 6.07) is -0.607. The number of benzene rings is 1. The van der Waals surface area contributed by atoms with Crippen molar-refractivity contribution in [1.82, 2.24) is 10.2 Å². The summed E-state index contributed by atoms with van der Waals surface area (Å²) in [6.45, 7) is 5.37. The fourth-order valence-corrected chi connectivity index (χ4v) is 6.38. The van der Waals surface area contributed by atoms with Crippen LogP contribution in [0.5, 0.6) is 5.75 Å². The summed E-state index contributed by atoms with van der Waals surface area (Å²) in [5.74, 6) is -8.95. The summed E-state index contributed by atoms with van der Waals surface area (Å²) in [5.41, 5.74) is -1.40. The van der Waals surface area contributed by atoms with Crippen LogP contribution in [0.1, 0.15) is 49.4 Å². The van der Waals surface area contributed by atoms with Crippen molar-refractivity contribution in [3.63, 3.8) is 0 Å². The lowest BCUT2D eigenvalue weighted by Gasteiger charge is -2.50. The molecule has 4 rings (SSSR count). The van der Waals surface area contributed by atoms with Crippen molar-refractivity contribution in [2.24, 2.45) is 23.5 Å². The summed E-state index contributed by atoms with van der Waals surface area (Å²) in [7, 11) is 2.87. The van der Waals surface area contributed by atoms with E-state index < -0.39 is 98.7 Å². The number of aromatic hydroxyl groups is 1. The number of carbonyl (C=O) groups excluding carboxylic acids is 3. The van der Waals surface area contributed by atoms with Gasteiger partial charge in [0.05, 0.1) is 17.2 Å². The summed E-state index contributed by atoms with van der Waals surface area (Å²) in [5, 5.41) is 47.5. The fraction of sp³-hybridized carbons (Fsp3) is 0.536. The molecule has 0 aliphatic heterocycles. The molecule has 0 radical (unpaired) electrons. The molecule has 224 valence electrons. The number of nitrogens with one attached hydrogen (secondary N) is 1. The van der Waals surface area contributed by atoms with Gasteiger partial charge in [0.2, 0.25) is 5.78 Å². The number of fused-ring (bicyclic) bond motifs is 3. The molecule has 0 saturated heterocycles. The molecule has 0 unspecified atom stereocenters. The van der Waals surface area contributed by atoms with Gasteiger partial charge in [-0.1, -0.05) is 13.8 Å². The lowest BCUT2D eigenvalue weighted by molar-refractivity contribution is -0.153. The number of Topliss-reactive ketones (excluding diaryl/α,β-unsaturated/α-hetero) is 2. The molecule has 1 aromatic carbocycles. The molecule has 3 aliphatic rings. The molecule has 41 heavy (non-hydrogen) atoms. The van der Waals surface area contributed by atoms with E-state index in [1.165, 1.54) is 19.0 Å². The number of nitrogens with two attached hydrogens (primary N) is 1. The number of aliphatic hydroxyl groups is 3. The average molecular weight is 582 g/mol. The minimum atomic E-state index is -4.89. The molecule has 1 amide bonds. The Morgan fingerprint density at radius 3 is 2.32 bits per heavy atom. The Labute approximate surface area is 234 Å². The molecule has 0 spiro atoms. The quantitative estimate of drug-likeness (QED) is 0.275. The third-order valence-corrected chi connectivity index (χ3v) is 8.70. The minimum Gasteiger partial charge on any atom is -0.508 e. The first kappa shape index (κ1) is 30.5.